The topological polar surface area (TPSA) is 262 Å². The second-order valence-corrected chi connectivity index (χ2v) is 16.6. The lowest BCUT2D eigenvalue weighted by atomic mass is 10.0. The molecule has 0 aliphatic carbocycles. The minimum absolute atomic E-state index is 0.0512. The van der Waals surface area contributed by atoms with Crippen LogP contribution in [0.4, 0.5) is 11.5 Å². The van der Waals surface area contributed by atoms with Gasteiger partial charge in [0.2, 0.25) is 11.8 Å². The van der Waals surface area contributed by atoms with Gasteiger partial charge < -0.3 is 39.6 Å². The number of hydrogen-bond acceptors (Lipinski definition) is 17. The van der Waals surface area contributed by atoms with Crippen LogP contribution >= 0.6 is 0 Å². The first-order valence-corrected chi connectivity index (χ1v) is 23.1. The maximum Gasteiger partial charge on any atom is 0.273 e. The second-order valence-electron chi connectivity index (χ2n) is 16.6. The van der Waals surface area contributed by atoms with E-state index in [0.29, 0.717) is 119 Å². The Bertz CT molecular complexity index is 2840. The lowest BCUT2D eigenvalue weighted by molar-refractivity contribution is -0.136. The van der Waals surface area contributed by atoms with Crippen LogP contribution in [-0.2, 0) is 35.1 Å². The molecule has 9 rings (SSSR count). The number of ether oxygens (including phenoxy) is 5. The number of carbonyl (C=O) groups excluding carboxylic acids is 5. The molecular formula is C48H52N12O10. The van der Waals surface area contributed by atoms with Crippen molar-refractivity contribution in [3.8, 4) is 22.8 Å². The number of likely N-dealkylation sites (tertiary alicyclic amines) is 1. The van der Waals surface area contributed by atoms with E-state index in [-0.39, 0.29) is 35.9 Å². The molecular weight excluding hydrogens is 905 g/mol. The standard InChI is InChI=1S/C48H52N12O10/c49-43-41-42(31-11-13-34(14-12-31)70-33-7-2-1-3-8-33)55-60(44(41)52-30-51-43)32-6-5-18-57(29-32)47(64)38-28-53-56-58(38)19-21-67-23-25-69-27-26-68-24-22-66-20-17-50-36-10-4-9-35-40(36)48(65)59(46(35)63)37-15-16-39(61)54-45(37)62/h1-4,7-14,28,30,32,37,50H,5-6,15-27,29H2,(H2,49,51,52)(H,54,61,62)/t32-,37?/m1/s1. The molecule has 3 aromatic heterocycles. The third-order valence-corrected chi connectivity index (χ3v) is 12.1. The predicted octanol–water partition coefficient (Wildman–Crippen LogP) is 3.52. The molecule has 1 unspecified atom stereocenters. The molecule has 22 heteroatoms. The van der Waals surface area contributed by atoms with E-state index in [0.717, 1.165) is 29.1 Å². The summed E-state index contributed by atoms with van der Waals surface area (Å²) in [5.74, 6) is -0.670. The third-order valence-electron chi connectivity index (χ3n) is 12.1. The van der Waals surface area contributed by atoms with E-state index in [1.165, 1.54) is 12.5 Å². The van der Waals surface area contributed by atoms with Crippen LogP contribution in [-0.4, -0.2) is 153 Å². The lowest BCUT2D eigenvalue weighted by Gasteiger charge is -2.32. The van der Waals surface area contributed by atoms with Crippen LogP contribution in [0.3, 0.4) is 0 Å². The Balaban J connectivity index is 0.656. The largest absolute Gasteiger partial charge is 0.457 e. The summed E-state index contributed by atoms with van der Waals surface area (Å²) in [6.07, 6.45) is 4.58. The quantitative estimate of drug-likeness (QED) is 0.0649. The molecule has 4 N–H and O–H groups in total. The summed E-state index contributed by atoms with van der Waals surface area (Å²) in [6.45, 7) is 4.33. The van der Waals surface area contributed by atoms with Crippen molar-refractivity contribution in [1.29, 1.82) is 0 Å². The molecule has 2 atom stereocenters. The highest BCUT2D eigenvalue weighted by atomic mass is 16.6. The second kappa shape index (κ2) is 22.2. The number of piperidine rings is 2. The van der Waals surface area contributed by atoms with Crippen molar-refractivity contribution < 1.29 is 47.7 Å². The highest BCUT2D eigenvalue weighted by molar-refractivity contribution is 6.25. The van der Waals surface area contributed by atoms with Crippen LogP contribution in [0.1, 0.15) is 62.9 Å². The molecule has 0 radical (unpaired) electrons. The SMILES string of the molecule is Nc1ncnc2c1c(-c1ccc(Oc3ccccc3)cc1)nn2[C@@H]1CCCN(C(=O)c2cnnn2CCOCCOCCOCCOCCNc2cccc3c2C(=O)N(C2CCC(=O)NC2=O)C3=O)C1. The number of benzene rings is 3. The fraction of sp³-hybridized carbons (Fsp3) is 0.375. The van der Waals surface area contributed by atoms with E-state index in [2.05, 4.69) is 30.9 Å². The number of aromatic nitrogens is 7. The number of imide groups is 2. The van der Waals surface area contributed by atoms with Crippen LogP contribution in [0.25, 0.3) is 22.3 Å². The maximum absolute atomic E-state index is 13.9. The molecule has 5 amide bonds. The van der Waals surface area contributed by atoms with Gasteiger partial charge in [0.1, 0.15) is 41.1 Å². The average molecular weight is 957 g/mol. The van der Waals surface area contributed by atoms with Gasteiger partial charge in [-0.2, -0.15) is 5.10 Å². The van der Waals surface area contributed by atoms with Crippen LogP contribution in [0.2, 0.25) is 0 Å². The molecule has 70 heavy (non-hydrogen) atoms. The van der Waals surface area contributed by atoms with Crippen LogP contribution in [0.5, 0.6) is 11.5 Å². The molecule has 6 heterocycles. The Kier molecular flexibility index (Phi) is 15.0. The first-order chi connectivity index (χ1) is 34.2. The first kappa shape index (κ1) is 47.4. The molecule has 0 saturated carbocycles. The van der Waals surface area contributed by atoms with Crippen LogP contribution < -0.4 is 21.1 Å². The molecule has 364 valence electrons. The van der Waals surface area contributed by atoms with Gasteiger partial charge in [-0.25, -0.2) is 19.3 Å². The molecule has 3 aliphatic rings. The number of nitrogens with two attached hydrogens (primary N) is 1. The van der Waals surface area contributed by atoms with Crippen LogP contribution in [0.15, 0.2) is 85.3 Å². The normalized spacial score (nSPS) is 17.0. The van der Waals surface area contributed by atoms with E-state index in [1.807, 2.05) is 59.3 Å². The van der Waals surface area contributed by atoms with Crippen molar-refractivity contribution in [3.05, 3.63) is 102 Å². The van der Waals surface area contributed by atoms with Gasteiger partial charge in [-0.05, 0) is 67.8 Å². The van der Waals surface area contributed by atoms with Crippen molar-refractivity contribution in [1.82, 2.24) is 49.9 Å². The number of anilines is 2. The minimum atomic E-state index is -1.03. The number of para-hydroxylation sites is 1. The Labute approximate surface area is 401 Å². The molecule has 2 saturated heterocycles. The number of hydrogen-bond donors (Lipinski definition) is 3. The molecule has 6 aromatic rings. The van der Waals surface area contributed by atoms with Gasteiger partial charge in [-0.1, -0.05) is 29.5 Å². The van der Waals surface area contributed by atoms with E-state index in [1.54, 1.807) is 27.8 Å². The monoisotopic (exact) mass is 956 g/mol. The molecule has 3 aromatic carbocycles. The van der Waals surface area contributed by atoms with Gasteiger partial charge in [0.05, 0.1) is 88.2 Å². The summed E-state index contributed by atoms with van der Waals surface area (Å²) < 4.78 is 32.0. The van der Waals surface area contributed by atoms with Gasteiger partial charge in [-0.3, -0.25) is 34.2 Å². The summed E-state index contributed by atoms with van der Waals surface area (Å²) in [5.41, 5.74) is 9.71. The highest BCUT2D eigenvalue weighted by Crippen LogP contribution is 2.36. The van der Waals surface area contributed by atoms with Crippen molar-refractivity contribution >= 4 is 52.1 Å². The number of carbonyl (C=O) groups is 5. The Morgan fingerprint density at radius 2 is 1.53 bits per heavy atom. The Hall–Kier alpha value is -7.66. The summed E-state index contributed by atoms with van der Waals surface area (Å²) >= 11 is 0. The number of amides is 5. The zero-order chi connectivity index (χ0) is 48.4. The van der Waals surface area contributed by atoms with E-state index < -0.39 is 29.7 Å². The number of nitrogens with zero attached hydrogens (tertiary/aromatic N) is 9. The smallest absolute Gasteiger partial charge is 0.273 e. The zero-order valence-corrected chi connectivity index (χ0v) is 38.2. The van der Waals surface area contributed by atoms with Crippen molar-refractivity contribution in [2.24, 2.45) is 0 Å². The maximum atomic E-state index is 13.9. The average Bonchev–Trinajstić information content (AvgIpc) is 4.08. The van der Waals surface area contributed by atoms with Gasteiger partial charge in [0.15, 0.2) is 5.65 Å². The van der Waals surface area contributed by atoms with Gasteiger partial charge in [0.25, 0.3) is 17.7 Å². The number of nitrogens with one attached hydrogen (secondary N) is 2. The Morgan fingerprint density at radius 3 is 2.29 bits per heavy atom. The van der Waals surface area contributed by atoms with E-state index >= 15 is 0 Å². The summed E-state index contributed by atoms with van der Waals surface area (Å²) in [7, 11) is 0. The molecule has 0 bridgehead atoms. The summed E-state index contributed by atoms with van der Waals surface area (Å²) in [4.78, 5) is 75.8. The molecule has 22 nitrogen and oxygen atoms in total. The Morgan fingerprint density at radius 1 is 0.800 bits per heavy atom. The fourth-order valence-electron chi connectivity index (χ4n) is 8.68. The molecule has 3 aliphatic heterocycles. The number of rotatable bonds is 22. The predicted molar refractivity (Wildman–Crippen MR) is 251 cm³/mol. The van der Waals surface area contributed by atoms with Gasteiger partial charge in [0, 0.05) is 37.3 Å². The van der Waals surface area contributed by atoms with Crippen molar-refractivity contribution in [3.63, 3.8) is 0 Å². The van der Waals surface area contributed by atoms with Crippen molar-refractivity contribution in [2.75, 3.05) is 83.5 Å². The summed E-state index contributed by atoms with van der Waals surface area (Å²) in [5, 5.41) is 19.2. The third kappa shape index (κ3) is 10.6. The fourth-order valence-corrected chi connectivity index (χ4v) is 8.68. The highest BCUT2D eigenvalue weighted by Gasteiger charge is 2.45. The van der Waals surface area contributed by atoms with Gasteiger partial charge in [-0.15, -0.1) is 5.10 Å². The minimum Gasteiger partial charge on any atom is -0.457 e. The van der Waals surface area contributed by atoms with E-state index in [4.69, 9.17) is 34.5 Å². The van der Waals surface area contributed by atoms with Gasteiger partial charge >= 0.3 is 0 Å². The number of nitrogen functional groups attached to an aromatic ring is 1. The number of fused-ring (bicyclic) bond motifs is 2. The lowest BCUT2D eigenvalue weighted by Crippen LogP contribution is -2.54. The zero-order valence-electron chi connectivity index (χ0n) is 38.2. The van der Waals surface area contributed by atoms with Crippen LogP contribution in [0, 0.1) is 0 Å². The molecule has 2 fully saturated rings. The molecule has 0 spiro atoms. The van der Waals surface area contributed by atoms with E-state index in [9.17, 15) is 24.0 Å². The summed E-state index contributed by atoms with van der Waals surface area (Å²) in [6, 6.07) is 20.9. The van der Waals surface area contributed by atoms with Crippen molar-refractivity contribution in [2.45, 2.75) is 44.3 Å². The first-order valence-electron chi connectivity index (χ1n) is 23.1.